The second-order valence-electron chi connectivity index (χ2n) is 4.23. The first kappa shape index (κ1) is 16.9. The van der Waals surface area contributed by atoms with E-state index in [9.17, 15) is 14.0 Å². The number of amides is 2. The highest BCUT2D eigenvalue weighted by Gasteiger charge is 2.15. The molecular formula is C13H11BrFN3O2S2. The summed E-state index contributed by atoms with van der Waals surface area (Å²) in [5.74, 6) is -1.09. The molecule has 1 aromatic carbocycles. The first-order valence-corrected chi connectivity index (χ1v) is 8.61. The van der Waals surface area contributed by atoms with Gasteiger partial charge in [0, 0.05) is 4.47 Å². The Hall–Kier alpha value is -1.45. The van der Waals surface area contributed by atoms with Crippen molar-refractivity contribution in [2.24, 2.45) is 5.73 Å². The number of hydrogen-bond acceptors (Lipinski definition) is 5. The van der Waals surface area contributed by atoms with Crippen molar-refractivity contribution in [2.45, 2.75) is 11.1 Å². The summed E-state index contributed by atoms with van der Waals surface area (Å²) in [4.78, 5) is 27.2. The topological polar surface area (TPSA) is 85.1 Å². The molecule has 5 nitrogen and oxygen atoms in total. The van der Waals surface area contributed by atoms with Crippen LogP contribution in [0.2, 0.25) is 0 Å². The third-order valence-corrected chi connectivity index (χ3v) is 5.61. The zero-order chi connectivity index (χ0) is 16.3. The van der Waals surface area contributed by atoms with Crippen molar-refractivity contribution in [3.63, 3.8) is 0 Å². The molecule has 3 N–H and O–H groups in total. The summed E-state index contributed by atoms with van der Waals surface area (Å²) in [6, 6.07) is 3.81. The van der Waals surface area contributed by atoms with Gasteiger partial charge >= 0.3 is 0 Å². The monoisotopic (exact) mass is 403 g/mol. The normalized spacial score (nSPS) is 10.5. The van der Waals surface area contributed by atoms with Gasteiger partial charge < -0.3 is 5.73 Å². The van der Waals surface area contributed by atoms with Crippen LogP contribution in [0.25, 0.3) is 0 Å². The fourth-order valence-electron chi connectivity index (χ4n) is 1.54. The SMILES string of the molecule is Cc1nc(NC(=O)c2ccc(F)cc2Br)sc1SCC(N)=O. The van der Waals surface area contributed by atoms with Crippen LogP contribution in [0.4, 0.5) is 9.52 Å². The van der Waals surface area contributed by atoms with Gasteiger partial charge in [-0.1, -0.05) is 11.3 Å². The van der Waals surface area contributed by atoms with E-state index in [1.807, 2.05) is 0 Å². The molecule has 0 aliphatic carbocycles. The van der Waals surface area contributed by atoms with Gasteiger partial charge in [-0.2, -0.15) is 0 Å². The summed E-state index contributed by atoms with van der Waals surface area (Å²) in [5.41, 5.74) is 6.12. The van der Waals surface area contributed by atoms with Crippen LogP contribution in [0.15, 0.2) is 26.9 Å². The second kappa shape index (κ2) is 7.21. The van der Waals surface area contributed by atoms with Crippen LogP contribution in [-0.2, 0) is 4.79 Å². The molecule has 1 heterocycles. The van der Waals surface area contributed by atoms with Gasteiger partial charge in [-0.3, -0.25) is 14.9 Å². The minimum absolute atomic E-state index is 0.153. The van der Waals surface area contributed by atoms with Crippen LogP contribution in [0, 0.1) is 12.7 Å². The molecule has 22 heavy (non-hydrogen) atoms. The number of aromatic nitrogens is 1. The molecular weight excluding hydrogens is 393 g/mol. The second-order valence-corrected chi connectivity index (χ2v) is 7.32. The maximum Gasteiger partial charge on any atom is 0.258 e. The third kappa shape index (κ3) is 4.28. The van der Waals surface area contributed by atoms with Crippen LogP contribution in [0.3, 0.4) is 0 Å². The average molecular weight is 404 g/mol. The van der Waals surface area contributed by atoms with E-state index in [4.69, 9.17) is 5.73 Å². The van der Waals surface area contributed by atoms with Crippen molar-refractivity contribution in [1.82, 2.24) is 4.98 Å². The number of benzene rings is 1. The Morgan fingerprint density at radius 2 is 2.23 bits per heavy atom. The molecule has 1 aromatic heterocycles. The standard InChI is InChI=1S/C13H11BrFN3O2S2/c1-6-12(21-5-10(16)19)22-13(17-6)18-11(20)8-3-2-7(15)4-9(8)14/h2-4H,5H2,1H3,(H2,16,19)(H,17,18,20). The molecule has 2 aromatic rings. The maximum atomic E-state index is 13.0. The molecule has 0 fully saturated rings. The van der Waals surface area contributed by atoms with E-state index in [-0.39, 0.29) is 5.75 Å². The molecule has 0 unspecified atom stereocenters. The number of halogens is 2. The van der Waals surface area contributed by atoms with E-state index < -0.39 is 17.6 Å². The molecule has 116 valence electrons. The van der Waals surface area contributed by atoms with Crippen LogP contribution in [0.1, 0.15) is 16.1 Å². The lowest BCUT2D eigenvalue weighted by molar-refractivity contribution is -0.115. The van der Waals surface area contributed by atoms with Crippen molar-refractivity contribution < 1.29 is 14.0 Å². The van der Waals surface area contributed by atoms with Crippen molar-refractivity contribution in [1.29, 1.82) is 0 Å². The van der Waals surface area contributed by atoms with E-state index in [1.165, 1.54) is 41.3 Å². The summed E-state index contributed by atoms with van der Waals surface area (Å²) in [7, 11) is 0. The number of primary amides is 1. The molecule has 0 radical (unpaired) electrons. The summed E-state index contributed by atoms with van der Waals surface area (Å²) in [6.07, 6.45) is 0. The van der Waals surface area contributed by atoms with Crippen molar-refractivity contribution in [3.05, 3.63) is 39.7 Å². The Morgan fingerprint density at radius 3 is 2.86 bits per heavy atom. The molecule has 0 aliphatic rings. The van der Waals surface area contributed by atoms with Crippen molar-refractivity contribution >= 4 is 56.0 Å². The molecule has 0 saturated carbocycles. The highest BCUT2D eigenvalue weighted by atomic mass is 79.9. The fourth-order valence-corrected chi connectivity index (χ4v) is 3.95. The van der Waals surface area contributed by atoms with Gasteiger partial charge in [0.25, 0.3) is 5.91 Å². The molecule has 0 spiro atoms. The number of anilines is 1. The average Bonchev–Trinajstić information content (AvgIpc) is 2.76. The summed E-state index contributed by atoms with van der Waals surface area (Å²) in [5, 5.41) is 3.06. The molecule has 0 aliphatic heterocycles. The molecule has 9 heteroatoms. The maximum absolute atomic E-state index is 13.0. The number of aryl methyl sites for hydroxylation is 1. The quantitative estimate of drug-likeness (QED) is 0.750. The van der Waals surface area contributed by atoms with Crippen LogP contribution in [0.5, 0.6) is 0 Å². The van der Waals surface area contributed by atoms with E-state index in [0.29, 0.717) is 20.9 Å². The number of carbonyl (C=O) groups is 2. The van der Waals surface area contributed by atoms with Gasteiger partial charge in [-0.25, -0.2) is 9.37 Å². The number of nitrogens with one attached hydrogen (secondary N) is 1. The number of carbonyl (C=O) groups excluding carboxylic acids is 2. The van der Waals surface area contributed by atoms with Gasteiger partial charge in [-0.15, -0.1) is 11.8 Å². The molecule has 0 saturated heterocycles. The number of nitrogens with zero attached hydrogens (tertiary/aromatic N) is 1. The van der Waals surface area contributed by atoms with Gasteiger partial charge in [0.2, 0.25) is 5.91 Å². The van der Waals surface area contributed by atoms with Crippen LogP contribution in [-0.4, -0.2) is 22.6 Å². The number of thiazole rings is 1. The van der Waals surface area contributed by atoms with E-state index >= 15 is 0 Å². The third-order valence-electron chi connectivity index (χ3n) is 2.50. The number of nitrogens with two attached hydrogens (primary N) is 1. The summed E-state index contributed by atoms with van der Waals surface area (Å²) >= 11 is 5.68. The van der Waals surface area contributed by atoms with Gasteiger partial charge in [0.15, 0.2) is 5.13 Å². The zero-order valence-electron chi connectivity index (χ0n) is 11.4. The predicted octanol–water partition coefficient (Wildman–Crippen LogP) is 3.18. The van der Waals surface area contributed by atoms with Gasteiger partial charge in [0.05, 0.1) is 21.2 Å². The number of thioether (sulfide) groups is 1. The largest absolute Gasteiger partial charge is 0.369 e. The van der Waals surface area contributed by atoms with E-state index in [1.54, 1.807) is 6.92 Å². The highest BCUT2D eigenvalue weighted by molar-refractivity contribution is 9.10. The van der Waals surface area contributed by atoms with E-state index in [0.717, 1.165) is 4.21 Å². The lowest BCUT2D eigenvalue weighted by atomic mass is 10.2. The van der Waals surface area contributed by atoms with Crippen molar-refractivity contribution in [3.8, 4) is 0 Å². The Kier molecular flexibility index (Phi) is 5.54. The van der Waals surface area contributed by atoms with E-state index in [2.05, 4.69) is 26.2 Å². The van der Waals surface area contributed by atoms with Gasteiger partial charge in [0.1, 0.15) is 5.82 Å². The predicted molar refractivity (Wildman–Crippen MR) is 88.8 cm³/mol. The van der Waals surface area contributed by atoms with Crippen molar-refractivity contribution in [2.75, 3.05) is 11.1 Å². The van der Waals surface area contributed by atoms with Crippen LogP contribution >= 0.6 is 39.0 Å². The molecule has 0 atom stereocenters. The Bertz CT molecular complexity index is 736. The minimum atomic E-state index is -0.432. The first-order chi connectivity index (χ1) is 10.4. The first-order valence-electron chi connectivity index (χ1n) is 6.01. The summed E-state index contributed by atoms with van der Waals surface area (Å²) < 4.78 is 14.2. The fraction of sp³-hybridized carbons (Fsp3) is 0.154. The minimum Gasteiger partial charge on any atom is -0.369 e. The smallest absolute Gasteiger partial charge is 0.258 e. The zero-order valence-corrected chi connectivity index (χ0v) is 14.6. The number of rotatable bonds is 5. The van der Waals surface area contributed by atoms with Gasteiger partial charge in [-0.05, 0) is 41.1 Å². The lowest BCUT2D eigenvalue weighted by Crippen LogP contribution is -2.12. The highest BCUT2D eigenvalue weighted by Crippen LogP contribution is 2.32. The van der Waals surface area contributed by atoms with Crippen LogP contribution < -0.4 is 11.1 Å². The summed E-state index contributed by atoms with van der Waals surface area (Å²) in [6.45, 7) is 1.78. The Morgan fingerprint density at radius 1 is 1.50 bits per heavy atom. The molecule has 2 amide bonds. The number of hydrogen-bond donors (Lipinski definition) is 2. The Labute approximate surface area is 142 Å². The molecule has 2 rings (SSSR count). The Balaban J connectivity index is 2.11. The molecule has 0 bridgehead atoms. The lowest BCUT2D eigenvalue weighted by Gasteiger charge is -2.04.